The summed E-state index contributed by atoms with van der Waals surface area (Å²) in [4.78, 5) is 0. The van der Waals surface area contributed by atoms with E-state index in [-0.39, 0.29) is 5.04 Å². The second-order valence-electron chi connectivity index (χ2n) is 6.75. The van der Waals surface area contributed by atoms with Crippen LogP contribution in [0.5, 0.6) is 5.75 Å². The molecule has 0 radical (unpaired) electrons. The van der Waals surface area contributed by atoms with E-state index in [9.17, 15) is 0 Å². The van der Waals surface area contributed by atoms with Crippen molar-refractivity contribution in [2.75, 3.05) is 0 Å². The molecule has 0 aromatic heterocycles. The number of hydrogen-bond acceptors (Lipinski definition) is 1. The van der Waals surface area contributed by atoms with E-state index in [1.54, 1.807) is 0 Å². The summed E-state index contributed by atoms with van der Waals surface area (Å²) in [5, 5.41) is 2.98. The van der Waals surface area contributed by atoms with Crippen molar-refractivity contribution in [3.05, 3.63) is 38.2 Å². The van der Waals surface area contributed by atoms with Gasteiger partial charge in [0.05, 0.1) is 4.47 Å². The van der Waals surface area contributed by atoms with Crippen molar-refractivity contribution >= 4 is 62.6 Å². The number of fused-ring (bicyclic) bond motifs is 1. The smallest absolute Gasteiger partial charge is 0.250 e. The van der Waals surface area contributed by atoms with Crippen LogP contribution in [0.15, 0.2) is 33.2 Å². The average molecular weight is 451 g/mol. The van der Waals surface area contributed by atoms with E-state index in [1.807, 2.05) is 12.1 Å². The van der Waals surface area contributed by atoms with Gasteiger partial charge in [-0.15, -0.1) is 0 Å². The highest BCUT2D eigenvalue weighted by Gasteiger charge is 2.39. The highest BCUT2D eigenvalue weighted by Crippen LogP contribution is 2.41. The van der Waals surface area contributed by atoms with Crippen LogP contribution in [0.3, 0.4) is 0 Å². The zero-order valence-corrected chi connectivity index (χ0v) is 17.8. The van der Waals surface area contributed by atoms with E-state index >= 15 is 0 Å². The summed E-state index contributed by atoms with van der Waals surface area (Å²) in [5.74, 6) is 0.873. The Balaban J connectivity index is 2.54. The van der Waals surface area contributed by atoms with Gasteiger partial charge in [-0.05, 0) is 63.7 Å². The molecule has 0 aliphatic carbocycles. The normalized spacial score (nSPS) is 12.8. The third-order valence-corrected chi connectivity index (χ3v) is 9.82. The molecule has 2 rings (SSSR count). The van der Waals surface area contributed by atoms with Gasteiger partial charge < -0.3 is 4.43 Å². The number of benzene rings is 2. The minimum absolute atomic E-state index is 0.158. The lowest BCUT2D eigenvalue weighted by Gasteiger charge is -2.36. The monoisotopic (exact) mass is 448 g/mol. The van der Waals surface area contributed by atoms with Gasteiger partial charge in [-0.2, -0.15) is 0 Å². The number of halogens is 3. The fourth-order valence-electron chi connectivity index (χ4n) is 1.79. The molecule has 2 aromatic rings. The largest absolute Gasteiger partial charge is 0.543 e. The van der Waals surface area contributed by atoms with Crippen molar-refractivity contribution in [2.24, 2.45) is 0 Å². The second kappa shape index (κ2) is 5.87. The van der Waals surface area contributed by atoms with Crippen molar-refractivity contribution in [1.82, 2.24) is 0 Å². The summed E-state index contributed by atoms with van der Waals surface area (Å²) in [5.41, 5.74) is 0. The van der Waals surface area contributed by atoms with Crippen LogP contribution in [0.2, 0.25) is 23.2 Å². The summed E-state index contributed by atoms with van der Waals surface area (Å²) in [6, 6.07) is 8.07. The maximum Gasteiger partial charge on any atom is 0.250 e. The van der Waals surface area contributed by atoms with E-state index in [2.05, 4.69) is 77.9 Å². The van der Waals surface area contributed by atoms with Gasteiger partial charge in [0.15, 0.2) is 0 Å². The SMILES string of the molecule is CC(C)(C)[Si](C)(C)Oc1cc2c(Cl)cc(Br)cc2cc1Br. The fourth-order valence-corrected chi connectivity index (χ4v) is 4.30. The van der Waals surface area contributed by atoms with Crippen LogP contribution in [0.25, 0.3) is 10.8 Å². The second-order valence-corrected chi connectivity index (χ2v) is 13.7. The Labute approximate surface area is 149 Å². The van der Waals surface area contributed by atoms with E-state index in [1.165, 1.54) is 0 Å². The van der Waals surface area contributed by atoms with Crippen LogP contribution in [-0.2, 0) is 0 Å². The fraction of sp³-hybridized carbons (Fsp3) is 0.375. The molecule has 0 spiro atoms. The highest BCUT2D eigenvalue weighted by atomic mass is 79.9. The summed E-state index contributed by atoms with van der Waals surface area (Å²) in [6.45, 7) is 11.2. The van der Waals surface area contributed by atoms with Gasteiger partial charge >= 0.3 is 0 Å². The van der Waals surface area contributed by atoms with Crippen LogP contribution < -0.4 is 4.43 Å². The van der Waals surface area contributed by atoms with Crippen molar-refractivity contribution < 1.29 is 4.43 Å². The molecule has 0 bridgehead atoms. The van der Waals surface area contributed by atoms with Crippen molar-refractivity contribution in [1.29, 1.82) is 0 Å². The molecular weight excluding hydrogens is 432 g/mol. The maximum absolute atomic E-state index is 6.41. The summed E-state index contributed by atoms with van der Waals surface area (Å²) < 4.78 is 8.36. The van der Waals surface area contributed by atoms with Gasteiger partial charge in [-0.3, -0.25) is 0 Å². The van der Waals surface area contributed by atoms with Crippen LogP contribution >= 0.6 is 43.5 Å². The Bertz CT molecular complexity index is 693. The molecule has 0 heterocycles. The Morgan fingerprint density at radius 2 is 1.67 bits per heavy atom. The third-order valence-electron chi connectivity index (χ3n) is 4.09. The zero-order chi connectivity index (χ0) is 16.0. The van der Waals surface area contributed by atoms with Gasteiger partial charge in [0.25, 0.3) is 8.32 Å². The predicted octanol–water partition coefficient (Wildman–Crippen LogP) is 7.40. The zero-order valence-electron chi connectivity index (χ0n) is 12.9. The summed E-state index contributed by atoms with van der Waals surface area (Å²) >= 11 is 13.5. The minimum Gasteiger partial charge on any atom is -0.543 e. The topological polar surface area (TPSA) is 9.23 Å². The van der Waals surface area contributed by atoms with Gasteiger partial charge in [-0.1, -0.05) is 48.3 Å². The van der Waals surface area contributed by atoms with Crippen LogP contribution in [0.4, 0.5) is 0 Å². The molecule has 21 heavy (non-hydrogen) atoms. The van der Waals surface area contributed by atoms with Gasteiger partial charge in [0, 0.05) is 14.9 Å². The predicted molar refractivity (Wildman–Crippen MR) is 102 cm³/mol. The number of hydrogen-bond donors (Lipinski definition) is 0. The lowest BCUT2D eigenvalue weighted by Crippen LogP contribution is -2.43. The molecule has 0 atom stereocenters. The van der Waals surface area contributed by atoms with Crippen molar-refractivity contribution in [2.45, 2.75) is 38.9 Å². The first-order valence-corrected chi connectivity index (χ1v) is 11.7. The Kier molecular flexibility index (Phi) is 4.85. The molecule has 0 saturated carbocycles. The standard InChI is InChI=1S/C16H19Br2ClOSi/c1-16(2,3)21(4,5)20-15-9-12-10(7-13(15)18)6-11(17)8-14(12)19/h6-9H,1-5H3. The molecule has 2 aromatic carbocycles. The van der Waals surface area contributed by atoms with Crippen LogP contribution in [-0.4, -0.2) is 8.32 Å². The van der Waals surface area contributed by atoms with E-state index in [0.29, 0.717) is 0 Å². The first-order chi connectivity index (χ1) is 9.51. The maximum atomic E-state index is 6.41. The minimum atomic E-state index is -1.88. The Morgan fingerprint density at radius 3 is 2.24 bits per heavy atom. The van der Waals surface area contributed by atoms with E-state index in [0.717, 1.165) is 30.5 Å². The molecular formula is C16H19Br2ClOSi. The van der Waals surface area contributed by atoms with E-state index < -0.39 is 8.32 Å². The first kappa shape index (κ1) is 17.3. The molecule has 5 heteroatoms. The van der Waals surface area contributed by atoms with Gasteiger partial charge in [0.1, 0.15) is 5.75 Å². The lowest BCUT2D eigenvalue weighted by atomic mass is 10.1. The summed E-state index contributed by atoms with van der Waals surface area (Å²) in [6.07, 6.45) is 0. The molecule has 0 fully saturated rings. The molecule has 0 aliphatic heterocycles. The molecule has 1 nitrogen and oxygen atoms in total. The van der Waals surface area contributed by atoms with Crippen LogP contribution in [0.1, 0.15) is 20.8 Å². The van der Waals surface area contributed by atoms with Gasteiger partial charge in [0.2, 0.25) is 0 Å². The molecule has 0 N–H and O–H groups in total. The summed E-state index contributed by atoms with van der Waals surface area (Å²) in [7, 11) is -1.88. The molecule has 114 valence electrons. The quantitative estimate of drug-likeness (QED) is 0.433. The molecule has 0 unspecified atom stereocenters. The van der Waals surface area contributed by atoms with Gasteiger partial charge in [-0.25, -0.2) is 0 Å². The van der Waals surface area contributed by atoms with E-state index in [4.69, 9.17) is 16.0 Å². The lowest BCUT2D eigenvalue weighted by molar-refractivity contribution is 0.490. The molecule has 0 saturated heterocycles. The Hall–Kier alpha value is -0.0331. The Morgan fingerprint density at radius 1 is 1.05 bits per heavy atom. The number of rotatable bonds is 2. The van der Waals surface area contributed by atoms with Crippen molar-refractivity contribution in [3.8, 4) is 5.75 Å². The van der Waals surface area contributed by atoms with Crippen molar-refractivity contribution in [3.63, 3.8) is 0 Å². The first-order valence-electron chi connectivity index (χ1n) is 6.78. The van der Waals surface area contributed by atoms with Crippen LogP contribution in [0, 0.1) is 0 Å². The molecule has 0 aliphatic rings. The molecule has 0 amide bonds. The third kappa shape index (κ3) is 3.66. The average Bonchev–Trinajstić information content (AvgIpc) is 2.29. The highest BCUT2D eigenvalue weighted by molar-refractivity contribution is 9.10.